The minimum absolute atomic E-state index is 0.186. The van der Waals surface area contributed by atoms with Crippen LogP contribution in [0.4, 0.5) is 5.69 Å². The minimum atomic E-state index is -0.265. The van der Waals surface area contributed by atoms with Crippen LogP contribution in [0.1, 0.15) is 28.3 Å². The van der Waals surface area contributed by atoms with Crippen LogP contribution in [-0.4, -0.2) is 26.2 Å². The van der Waals surface area contributed by atoms with Gasteiger partial charge in [0.15, 0.2) is 0 Å². The fourth-order valence-electron chi connectivity index (χ4n) is 4.75. The maximum atomic E-state index is 12.6. The molecule has 5 aromatic rings. The average Bonchev–Trinajstić information content (AvgIpc) is 3.23. The molecular formula is C30H31N5O3. The van der Waals surface area contributed by atoms with Crippen LogP contribution in [0.2, 0.25) is 0 Å². The number of nitrogens with zero attached hydrogens (tertiary/aromatic N) is 4. The van der Waals surface area contributed by atoms with E-state index in [0.717, 1.165) is 39.1 Å². The molecule has 0 aliphatic rings. The van der Waals surface area contributed by atoms with E-state index in [1.54, 1.807) is 25.4 Å². The second kappa shape index (κ2) is 10.0. The quantitative estimate of drug-likeness (QED) is 0.334. The number of hydrogen-bond donors (Lipinski definition) is 1. The summed E-state index contributed by atoms with van der Waals surface area (Å²) in [6.45, 7) is 6.40. The van der Waals surface area contributed by atoms with Crippen LogP contribution >= 0.6 is 0 Å². The van der Waals surface area contributed by atoms with Crippen molar-refractivity contribution in [3.8, 4) is 22.8 Å². The normalized spacial score (nSPS) is 11.2. The molecule has 8 nitrogen and oxygen atoms in total. The number of methoxy groups -OCH3 is 1. The van der Waals surface area contributed by atoms with Crippen LogP contribution in [0.25, 0.3) is 22.2 Å². The lowest BCUT2D eigenvalue weighted by Gasteiger charge is -2.17. The van der Waals surface area contributed by atoms with Gasteiger partial charge in [0.1, 0.15) is 23.6 Å². The lowest BCUT2D eigenvalue weighted by atomic mass is 10.0. The third kappa shape index (κ3) is 4.61. The first-order valence-corrected chi connectivity index (χ1v) is 12.4. The van der Waals surface area contributed by atoms with Crippen molar-refractivity contribution in [3.05, 3.63) is 99.5 Å². The maximum absolute atomic E-state index is 12.6. The molecular weight excluding hydrogens is 478 g/mol. The zero-order chi connectivity index (χ0) is 27.0. The van der Waals surface area contributed by atoms with Crippen LogP contribution in [-0.2, 0) is 20.2 Å². The van der Waals surface area contributed by atoms with Gasteiger partial charge < -0.3 is 24.3 Å². The van der Waals surface area contributed by atoms with Crippen molar-refractivity contribution in [3.63, 3.8) is 0 Å². The van der Waals surface area contributed by atoms with Crippen molar-refractivity contribution < 1.29 is 9.47 Å². The van der Waals surface area contributed by atoms with E-state index in [2.05, 4.69) is 42.8 Å². The summed E-state index contributed by atoms with van der Waals surface area (Å²) in [5, 5.41) is 1.01. The van der Waals surface area contributed by atoms with Gasteiger partial charge in [0.2, 0.25) is 0 Å². The van der Waals surface area contributed by atoms with Gasteiger partial charge in [-0.2, -0.15) is 0 Å². The molecule has 0 spiro atoms. The molecule has 8 heteroatoms. The van der Waals surface area contributed by atoms with Gasteiger partial charge in [-0.3, -0.25) is 9.78 Å². The van der Waals surface area contributed by atoms with Crippen molar-refractivity contribution >= 4 is 16.6 Å². The third-order valence-electron chi connectivity index (χ3n) is 6.84. The summed E-state index contributed by atoms with van der Waals surface area (Å²) in [5.74, 6) is 1.31. The molecule has 0 saturated carbocycles. The van der Waals surface area contributed by atoms with Crippen molar-refractivity contribution in [2.45, 2.75) is 33.9 Å². The molecule has 0 bridgehead atoms. The molecule has 194 valence electrons. The zero-order valence-corrected chi connectivity index (χ0v) is 22.3. The molecule has 0 amide bonds. The smallest absolute Gasteiger partial charge is 0.274 e. The number of fused-ring (bicyclic) bond motifs is 1. The van der Waals surface area contributed by atoms with E-state index < -0.39 is 0 Å². The van der Waals surface area contributed by atoms with Gasteiger partial charge in [-0.15, -0.1) is 0 Å². The van der Waals surface area contributed by atoms with Gasteiger partial charge in [0.25, 0.3) is 5.56 Å². The summed E-state index contributed by atoms with van der Waals surface area (Å²) in [6, 6.07) is 17.5. The number of aromatic nitrogens is 4. The third-order valence-corrected chi connectivity index (χ3v) is 6.84. The summed E-state index contributed by atoms with van der Waals surface area (Å²) in [4.78, 5) is 22.2. The number of nitrogens with two attached hydrogens (primary N) is 1. The van der Waals surface area contributed by atoms with Crippen molar-refractivity contribution in [2.24, 2.45) is 7.05 Å². The number of para-hydroxylation sites is 1. The molecule has 5 rings (SSSR count). The number of ether oxygens (including phenoxy) is 2. The molecule has 0 saturated heterocycles. The molecule has 4 heterocycles. The number of benzene rings is 1. The molecule has 2 N–H and O–H groups in total. The number of nitrogen functional groups attached to an aromatic ring is 1. The summed E-state index contributed by atoms with van der Waals surface area (Å²) in [7, 11) is 3.68. The highest BCUT2D eigenvalue weighted by Crippen LogP contribution is 2.35. The van der Waals surface area contributed by atoms with E-state index in [4.69, 9.17) is 25.2 Å². The SMILES string of the molecule is COc1cc(C)nc(Cn2cccc(N)c2=O)c1COc1cccc2c(-c3ccc(C)n3C)cc(C)nc12. The first-order chi connectivity index (χ1) is 18.3. The Morgan fingerprint density at radius 1 is 0.947 bits per heavy atom. The summed E-state index contributed by atoms with van der Waals surface area (Å²) in [6.07, 6.45) is 1.70. The first-order valence-electron chi connectivity index (χ1n) is 12.4. The Labute approximate surface area is 221 Å². The van der Waals surface area contributed by atoms with Gasteiger partial charge >= 0.3 is 0 Å². The van der Waals surface area contributed by atoms with E-state index in [1.165, 1.54) is 10.3 Å². The summed E-state index contributed by atoms with van der Waals surface area (Å²) < 4.78 is 15.8. The van der Waals surface area contributed by atoms with E-state index in [0.29, 0.717) is 17.2 Å². The van der Waals surface area contributed by atoms with Crippen molar-refractivity contribution in [1.82, 2.24) is 19.1 Å². The van der Waals surface area contributed by atoms with Crippen LogP contribution in [0, 0.1) is 20.8 Å². The highest BCUT2D eigenvalue weighted by Gasteiger charge is 2.17. The standard InChI is InChI=1S/C30H31N5O3/c1-18-14-22(26-12-11-20(3)34(26)4)21-8-6-10-27(29(21)33-18)38-17-23-25(32-19(2)15-28(23)37-5)16-35-13-7-9-24(31)30(35)36/h6-15H,16-17,31H2,1-5H3. The lowest BCUT2D eigenvalue weighted by Crippen LogP contribution is -2.24. The molecule has 4 aromatic heterocycles. The predicted molar refractivity (Wildman–Crippen MR) is 150 cm³/mol. The number of aryl methyl sites for hydroxylation is 3. The molecule has 1 aromatic carbocycles. The van der Waals surface area contributed by atoms with E-state index in [-0.39, 0.29) is 24.4 Å². The number of pyridine rings is 3. The van der Waals surface area contributed by atoms with Gasteiger partial charge in [0.05, 0.1) is 30.6 Å². The summed E-state index contributed by atoms with van der Waals surface area (Å²) >= 11 is 0. The van der Waals surface area contributed by atoms with Gasteiger partial charge in [-0.25, -0.2) is 4.98 Å². The van der Waals surface area contributed by atoms with Gasteiger partial charge in [0, 0.05) is 53.0 Å². The van der Waals surface area contributed by atoms with Gasteiger partial charge in [-0.05, 0) is 57.2 Å². The Morgan fingerprint density at radius 2 is 1.74 bits per heavy atom. The number of hydrogen-bond acceptors (Lipinski definition) is 6. The average molecular weight is 510 g/mol. The Balaban J connectivity index is 1.55. The first kappa shape index (κ1) is 25.1. The molecule has 0 fully saturated rings. The molecule has 0 aliphatic carbocycles. The Bertz CT molecular complexity index is 1720. The molecule has 0 atom stereocenters. The molecule has 0 unspecified atom stereocenters. The Morgan fingerprint density at radius 3 is 2.47 bits per heavy atom. The Hall–Kier alpha value is -4.59. The molecule has 0 aliphatic heterocycles. The maximum Gasteiger partial charge on any atom is 0.274 e. The van der Waals surface area contributed by atoms with E-state index in [9.17, 15) is 4.79 Å². The number of rotatable bonds is 7. The lowest BCUT2D eigenvalue weighted by molar-refractivity contribution is 0.296. The topological polar surface area (TPSA) is 97.2 Å². The minimum Gasteiger partial charge on any atom is -0.496 e. The second-order valence-corrected chi connectivity index (χ2v) is 9.46. The summed E-state index contributed by atoms with van der Waals surface area (Å²) in [5.41, 5.74) is 13.1. The Kier molecular flexibility index (Phi) is 6.63. The zero-order valence-electron chi connectivity index (χ0n) is 22.3. The highest BCUT2D eigenvalue weighted by atomic mass is 16.5. The number of anilines is 1. The predicted octanol–water partition coefficient (Wildman–Crippen LogP) is 4.94. The van der Waals surface area contributed by atoms with Crippen molar-refractivity contribution in [2.75, 3.05) is 12.8 Å². The fourth-order valence-corrected chi connectivity index (χ4v) is 4.75. The van der Waals surface area contributed by atoms with Crippen molar-refractivity contribution in [1.29, 1.82) is 0 Å². The second-order valence-electron chi connectivity index (χ2n) is 9.46. The fraction of sp³-hybridized carbons (Fsp3) is 0.233. The van der Waals surface area contributed by atoms with Crippen LogP contribution in [0.5, 0.6) is 11.5 Å². The van der Waals surface area contributed by atoms with Crippen LogP contribution in [0.3, 0.4) is 0 Å². The van der Waals surface area contributed by atoms with Crippen LogP contribution < -0.4 is 20.8 Å². The van der Waals surface area contributed by atoms with Gasteiger partial charge in [-0.1, -0.05) is 12.1 Å². The molecule has 0 radical (unpaired) electrons. The molecule has 38 heavy (non-hydrogen) atoms. The van der Waals surface area contributed by atoms with E-state index in [1.807, 2.05) is 32.0 Å². The van der Waals surface area contributed by atoms with E-state index >= 15 is 0 Å². The largest absolute Gasteiger partial charge is 0.496 e. The monoisotopic (exact) mass is 509 g/mol. The van der Waals surface area contributed by atoms with Crippen LogP contribution in [0.15, 0.2) is 65.6 Å². The highest BCUT2D eigenvalue weighted by molar-refractivity contribution is 5.97.